The highest BCUT2D eigenvalue weighted by Crippen LogP contribution is 2.46. The third kappa shape index (κ3) is 3.32. The molecule has 0 atom stereocenters. The van der Waals surface area contributed by atoms with Gasteiger partial charge in [-0.05, 0) is 18.2 Å². The fourth-order valence-corrected chi connectivity index (χ4v) is 4.95. The van der Waals surface area contributed by atoms with Crippen LogP contribution in [0, 0.1) is 0 Å². The van der Waals surface area contributed by atoms with Crippen molar-refractivity contribution < 1.29 is 23.7 Å². The van der Waals surface area contributed by atoms with E-state index >= 15 is 0 Å². The molecule has 0 amide bonds. The number of hydrogen-bond donors (Lipinski definition) is 0. The maximum Gasteiger partial charge on any atom is 0.349 e. The lowest BCUT2D eigenvalue weighted by Gasteiger charge is -2.14. The van der Waals surface area contributed by atoms with Crippen LogP contribution in [0.4, 0.5) is 0 Å². The molecule has 0 radical (unpaired) electrons. The molecule has 0 fully saturated rings. The van der Waals surface area contributed by atoms with Crippen molar-refractivity contribution in [2.24, 2.45) is 0 Å². The number of ether oxygens (including phenoxy) is 4. The van der Waals surface area contributed by atoms with Crippen molar-refractivity contribution in [1.82, 2.24) is 0 Å². The Hall–Kier alpha value is -2.38. The van der Waals surface area contributed by atoms with Crippen LogP contribution in [0.15, 0.2) is 46.2 Å². The second-order valence-corrected chi connectivity index (χ2v) is 7.35. The Bertz CT molecular complexity index is 923. The molecule has 5 nitrogen and oxygen atoms in total. The molecule has 3 rings (SSSR count). The summed E-state index contributed by atoms with van der Waals surface area (Å²) in [6.07, 6.45) is 0. The van der Waals surface area contributed by atoms with E-state index in [1.165, 1.54) is 30.2 Å². The minimum atomic E-state index is -0.346. The Morgan fingerprint density at radius 1 is 0.962 bits per heavy atom. The molecule has 0 spiro atoms. The molecule has 0 aliphatic heterocycles. The molecule has 7 heteroatoms. The van der Waals surface area contributed by atoms with Gasteiger partial charge in [0, 0.05) is 19.9 Å². The third-order valence-electron chi connectivity index (χ3n) is 3.78. The monoisotopic (exact) mass is 390 g/mol. The van der Waals surface area contributed by atoms with Crippen molar-refractivity contribution in [3.8, 4) is 17.2 Å². The maximum absolute atomic E-state index is 12.2. The van der Waals surface area contributed by atoms with Gasteiger partial charge in [0.15, 0.2) is 11.5 Å². The molecular formula is C19H18O5S2. The van der Waals surface area contributed by atoms with Gasteiger partial charge >= 0.3 is 5.97 Å². The van der Waals surface area contributed by atoms with E-state index in [4.69, 9.17) is 18.9 Å². The zero-order valence-electron chi connectivity index (χ0n) is 14.8. The summed E-state index contributed by atoms with van der Waals surface area (Å²) in [5.74, 6) is 1.31. The molecule has 0 aliphatic carbocycles. The van der Waals surface area contributed by atoms with Crippen LogP contribution in [-0.2, 0) is 4.74 Å². The number of rotatable bonds is 6. The summed E-state index contributed by atoms with van der Waals surface area (Å²) in [5.41, 5.74) is 0. The molecule has 2 aromatic carbocycles. The summed E-state index contributed by atoms with van der Waals surface area (Å²) in [4.78, 5) is 14.5. The van der Waals surface area contributed by atoms with Crippen molar-refractivity contribution in [2.75, 3.05) is 28.4 Å². The summed E-state index contributed by atoms with van der Waals surface area (Å²) < 4.78 is 22.2. The number of benzene rings is 2. The quantitative estimate of drug-likeness (QED) is 0.560. The topological polar surface area (TPSA) is 54.0 Å². The molecule has 0 bridgehead atoms. The van der Waals surface area contributed by atoms with Crippen LogP contribution in [0.25, 0.3) is 10.1 Å². The number of carbonyl (C=O) groups is 1. The average molecular weight is 390 g/mol. The molecule has 3 aromatic rings. The molecule has 0 saturated heterocycles. The van der Waals surface area contributed by atoms with Crippen molar-refractivity contribution in [3.63, 3.8) is 0 Å². The van der Waals surface area contributed by atoms with E-state index in [9.17, 15) is 4.79 Å². The van der Waals surface area contributed by atoms with Gasteiger partial charge in [0.1, 0.15) is 4.88 Å². The number of esters is 1. The van der Waals surface area contributed by atoms with Gasteiger partial charge in [-0.2, -0.15) is 0 Å². The molecule has 136 valence electrons. The smallest absolute Gasteiger partial charge is 0.349 e. The fraction of sp³-hybridized carbons (Fsp3) is 0.211. The molecule has 26 heavy (non-hydrogen) atoms. The van der Waals surface area contributed by atoms with Gasteiger partial charge in [0.2, 0.25) is 5.75 Å². The number of hydrogen-bond acceptors (Lipinski definition) is 7. The Balaban J connectivity index is 2.13. The minimum absolute atomic E-state index is 0.346. The number of fused-ring (bicyclic) bond motifs is 1. The highest BCUT2D eigenvalue weighted by molar-refractivity contribution is 7.99. The lowest BCUT2D eigenvalue weighted by molar-refractivity contribution is 0.0603. The number of carbonyl (C=O) groups excluding carboxylic acids is 1. The van der Waals surface area contributed by atoms with Crippen LogP contribution in [0.3, 0.4) is 0 Å². The molecule has 0 unspecified atom stereocenters. The third-order valence-corrected chi connectivity index (χ3v) is 6.16. The van der Waals surface area contributed by atoms with Gasteiger partial charge in [-0.15, -0.1) is 11.3 Å². The molecule has 0 N–H and O–H groups in total. The van der Waals surface area contributed by atoms with Gasteiger partial charge in [-0.3, -0.25) is 0 Å². The largest absolute Gasteiger partial charge is 0.493 e. The van der Waals surface area contributed by atoms with Crippen LogP contribution < -0.4 is 14.2 Å². The van der Waals surface area contributed by atoms with Gasteiger partial charge in [0.25, 0.3) is 0 Å². The predicted octanol–water partition coefficient (Wildman–Crippen LogP) is 4.86. The van der Waals surface area contributed by atoms with Crippen LogP contribution >= 0.6 is 23.1 Å². The summed E-state index contributed by atoms with van der Waals surface area (Å²) in [5, 5.41) is 1.01. The van der Waals surface area contributed by atoms with Crippen molar-refractivity contribution in [3.05, 3.63) is 41.3 Å². The summed E-state index contributed by atoms with van der Waals surface area (Å²) >= 11 is 2.89. The number of thiophene rings is 1. The molecule has 0 aliphatic rings. The van der Waals surface area contributed by atoms with E-state index in [0.29, 0.717) is 22.1 Å². The lowest BCUT2D eigenvalue weighted by atomic mass is 10.2. The first kappa shape index (κ1) is 18.4. The summed E-state index contributed by atoms with van der Waals surface area (Å²) in [7, 11) is 6.10. The maximum atomic E-state index is 12.2. The van der Waals surface area contributed by atoms with E-state index in [2.05, 4.69) is 0 Å². The standard InChI is InChI=1S/C19H18O5S2/c1-21-13-9-11(10-14(22-2)16(13)23-3)25-17-12-7-5-6-8-15(12)26-18(17)19(20)24-4/h5-10H,1-4H3. The molecular weight excluding hydrogens is 372 g/mol. The van der Waals surface area contributed by atoms with E-state index in [0.717, 1.165) is 19.9 Å². The van der Waals surface area contributed by atoms with E-state index in [1.54, 1.807) is 21.3 Å². The Labute approximate surface area is 159 Å². The normalized spacial score (nSPS) is 10.6. The van der Waals surface area contributed by atoms with Crippen LogP contribution in [0.5, 0.6) is 17.2 Å². The zero-order chi connectivity index (χ0) is 18.7. The highest BCUT2D eigenvalue weighted by Gasteiger charge is 2.21. The Kier molecular flexibility index (Phi) is 5.58. The second kappa shape index (κ2) is 7.88. The molecule has 1 aromatic heterocycles. The average Bonchev–Trinajstić information content (AvgIpc) is 3.05. The van der Waals surface area contributed by atoms with E-state index in [-0.39, 0.29) is 5.97 Å². The fourth-order valence-electron chi connectivity index (χ4n) is 2.58. The first-order valence-corrected chi connectivity index (χ1v) is 9.34. The highest BCUT2D eigenvalue weighted by atomic mass is 32.2. The number of methoxy groups -OCH3 is 4. The van der Waals surface area contributed by atoms with Gasteiger partial charge in [0.05, 0.1) is 28.4 Å². The Morgan fingerprint density at radius 2 is 1.62 bits per heavy atom. The molecule has 1 heterocycles. The molecule has 0 saturated carbocycles. The summed E-state index contributed by atoms with van der Waals surface area (Å²) in [6.45, 7) is 0. The summed E-state index contributed by atoms with van der Waals surface area (Å²) in [6, 6.07) is 11.6. The Morgan fingerprint density at radius 3 is 2.19 bits per heavy atom. The van der Waals surface area contributed by atoms with Crippen LogP contribution in [-0.4, -0.2) is 34.4 Å². The van der Waals surface area contributed by atoms with Gasteiger partial charge in [-0.1, -0.05) is 30.0 Å². The van der Waals surface area contributed by atoms with Crippen LogP contribution in [0.1, 0.15) is 9.67 Å². The first-order valence-electron chi connectivity index (χ1n) is 7.70. The second-order valence-electron chi connectivity index (χ2n) is 5.21. The van der Waals surface area contributed by atoms with Gasteiger partial charge < -0.3 is 18.9 Å². The van der Waals surface area contributed by atoms with Crippen molar-refractivity contribution >= 4 is 39.2 Å². The predicted molar refractivity (Wildman–Crippen MR) is 103 cm³/mol. The first-order chi connectivity index (χ1) is 12.6. The SMILES string of the molecule is COC(=O)c1sc2ccccc2c1Sc1cc(OC)c(OC)c(OC)c1. The van der Waals surface area contributed by atoms with E-state index < -0.39 is 0 Å². The van der Waals surface area contributed by atoms with E-state index in [1.807, 2.05) is 36.4 Å². The van der Waals surface area contributed by atoms with Gasteiger partial charge in [-0.25, -0.2) is 4.79 Å². The van der Waals surface area contributed by atoms with Crippen molar-refractivity contribution in [1.29, 1.82) is 0 Å². The van der Waals surface area contributed by atoms with Crippen molar-refractivity contribution in [2.45, 2.75) is 9.79 Å². The minimum Gasteiger partial charge on any atom is -0.493 e. The lowest BCUT2D eigenvalue weighted by Crippen LogP contribution is -1.99. The van der Waals surface area contributed by atoms with Crippen LogP contribution in [0.2, 0.25) is 0 Å². The zero-order valence-corrected chi connectivity index (χ0v) is 16.5.